The summed E-state index contributed by atoms with van der Waals surface area (Å²) in [6.45, 7) is 12.7. The lowest BCUT2D eigenvalue weighted by Gasteiger charge is -2.35. The molecule has 0 unspecified atom stereocenters. The second-order valence-corrected chi connectivity index (χ2v) is 12.6. The van der Waals surface area contributed by atoms with Gasteiger partial charge in [0.05, 0.1) is 17.7 Å². The molecule has 0 atom stereocenters. The smallest absolute Gasteiger partial charge is 0.243 e. The van der Waals surface area contributed by atoms with Crippen LogP contribution in [0.25, 0.3) is 0 Å². The third-order valence-electron chi connectivity index (χ3n) is 7.82. The summed E-state index contributed by atoms with van der Waals surface area (Å²) in [5.41, 5.74) is 2.37. The molecule has 3 rings (SSSR count). The van der Waals surface area contributed by atoms with E-state index < -0.39 is 10.0 Å². The molecule has 0 radical (unpaired) electrons. The zero-order valence-corrected chi connectivity index (χ0v) is 25.1. The molecule has 1 aliphatic heterocycles. The molecular weight excluding hydrogens is 517 g/mol. The fourth-order valence-corrected chi connectivity index (χ4v) is 7.00. The van der Waals surface area contributed by atoms with E-state index in [1.807, 2.05) is 6.07 Å². The van der Waals surface area contributed by atoms with Crippen LogP contribution in [0.1, 0.15) is 49.8 Å². The zero-order chi connectivity index (χ0) is 28.7. The number of carbonyl (C=O) groups excluding carboxylic acids is 1. The summed E-state index contributed by atoms with van der Waals surface area (Å²) in [5.74, 6) is 0.789. The Labute approximate surface area is 234 Å². The van der Waals surface area contributed by atoms with Gasteiger partial charge in [0.2, 0.25) is 10.0 Å². The summed E-state index contributed by atoms with van der Waals surface area (Å²) < 4.78 is 47.9. The molecule has 0 saturated carbocycles. The Balaban J connectivity index is 1.55. The first-order valence-electron chi connectivity index (χ1n) is 13.9. The summed E-state index contributed by atoms with van der Waals surface area (Å²) in [7, 11) is -0.759. The number of hydrogen-bond acceptors (Lipinski definition) is 6. The van der Waals surface area contributed by atoms with E-state index >= 15 is 4.39 Å². The fourth-order valence-electron chi connectivity index (χ4n) is 5.43. The van der Waals surface area contributed by atoms with Crippen molar-refractivity contribution in [2.75, 3.05) is 58.3 Å². The molecule has 0 amide bonds. The van der Waals surface area contributed by atoms with E-state index in [1.165, 1.54) is 24.5 Å². The number of halogens is 1. The molecule has 1 fully saturated rings. The van der Waals surface area contributed by atoms with Crippen molar-refractivity contribution >= 4 is 21.5 Å². The van der Waals surface area contributed by atoms with Crippen LogP contribution in [0.4, 0.5) is 10.1 Å². The van der Waals surface area contributed by atoms with Gasteiger partial charge in [-0.3, -0.25) is 4.79 Å². The van der Waals surface area contributed by atoms with E-state index in [0.29, 0.717) is 34.0 Å². The number of nitrogens with zero attached hydrogens (tertiary/aromatic N) is 3. The van der Waals surface area contributed by atoms with E-state index in [0.717, 1.165) is 45.6 Å². The molecule has 0 N–H and O–H groups in total. The van der Waals surface area contributed by atoms with Gasteiger partial charge >= 0.3 is 0 Å². The highest BCUT2D eigenvalue weighted by Crippen LogP contribution is 2.29. The van der Waals surface area contributed by atoms with Crippen LogP contribution in [0.15, 0.2) is 35.2 Å². The first-order valence-corrected chi connectivity index (χ1v) is 15.3. The Morgan fingerprint density at radius 3 is 2.23 bits per heavy atom. The molecule has 9 heteroatoms. The zero-order valence-electron chi connectivity index (χ0n) is 24.3. The third-order valence-corrected chi connectivity index (χ3v) is 9.99. The Bertz CT molecular complexity index is 1220. The summed E-state index contributed by atoms with van der Waals surface area (Å²) in [6.07, 6.45) is 2.20. The number of carbonyl (C=O) groups is 1. The molecule has 1 saturated heterocycles. The minimum atomic E-state index is -3.78. The van der Waals surface area contributed by atoms with Crippen LogP contribution in [0.2, 0.25) is 0 Å². The third kappa shape index (κ3) is 7.80. The van der Waals surface area contributed by atoms with Crippen molar-refractivity contribution in [3.05, 3.63) is 52.8 Å². The highest BCUT2D eigenvalue weighted by atomic mass is 32.2. The lowest BCUT2D eigenvalue weighted by atomic mass is 9.95. The number of ketones is 1. The van der Waals surface area contributed by atoms with E-state index in [4.69, 9.17) is 4.74 Å². The number of aryl methyl sites for hydroxylation is 2. The second-order valence-electron chi connectivity index (χ2n) is 10.6. The van der Waals surface area contributed by atoms with Gasteiger partial charge < -0.3 is 14.5 Å². The largest absolute Gasteiger partial charge is 0.497 e. The van der Waals surface area contributed by atoms with Crippen LogP contribution >= 0.6 is 0 Å². The Hall–Kier alpha value is -2.49. The van der Waals surface area contributed by atoms with Crippen LogP contribution < -0.4 is 9.64 Å². The van der Waals surface area contributed by atoms with E-state index in [9.17, 15) is 13.2 Å². The van der Waals surface area contributed by atoms with Crippen molar-refractivity contribution in [2.45, 2.75) is 58.3 Å². The van der Waals surface area contributed by atoms with Gasteiger partial charge in [0.1, 0.15) is 17.3 Å². The van der Waals surface area contributed by atoms with Gasteiger partial charge in [-0.05, 0) is 86.7 Å². The van der Waals surface area contributed by atoms with E-state index in [2.05, 4.69) is 23.6 Å². The average molecular weight is 562 g/mol. The van der Waals surface area contributed by atoms with E-state index in [1.54, 1.807) is 32.0 Å². The molecule has 216 valence electrons. The van der Waals surface area contributed by atoms with Crippen LogP contribution in [-0.2, 0) is 21.2 Å². The lowest BCUT2D eigenvalue weighted by molar-refractivity contribution is -0.118. The molecule has 0 bridgehead atoms. The maximum absolute atomic E-state index is 15.0. The highest BCUT2D eigenvalue weighted by Gasteiger charge is 2.26. The van der Waals surface area contributed by atoms with Crippen molar-refractivity contribution in [1.29, 1.82) is 0 Å². The standard InChI is InChI=1S/C30H44FN3O4S/c1-7-33(8-2)21-24-11-15-34(16-12-24)29-10-9-25(20-28(29)31)19-26(35)13-14-32(5)39(36,37)30-22(3)17-27(38-6)18-23(30)4/h9-10,17-18,20,24H,7-8,11-16,19,21H2,1-6H3. The number of ether oxygens (including phenoxy) is 1. The van der Waals surface area contributed by atoms with Gasteiger partial charge in [0.25, 0.3) is 0 Å². The molecular formula is C30H44FN3O4S. The van der Waals surface area contributed by atoms with Gasteiger partial charge in [-0.1, -0.05) is 19.9 Å². The van der Waals surface area contributed by atoms with Gasteiger partial charge in [0, 0.05) is 46.1 Å². The molecule has 0 spiro atoms. The second kappa shape index (κ2) is 13.7. The van der Waals surface area contributed by atoms with Crippen molar-refractivity contribution in [3.8, 4) is 5.75 Å². The number of piperidine rings is 1. The molecule has 7 nitrogen and oxygen atoms in total. The maximum atomic E-state index is 15.0. The van der Waals surface area contributed by atoms with Crippen LogP contribution in [0.5, 0.6) is 5.75 Å². The molecule has 1 aliphatic rings. The van der Waals surface area contributed by atoms with Crippen LogP contribution in [-0.4, -0.2) is 76.8 Å². The molecule has 2 aromatic rings. The Kier molecular flexibility index (Phi) is 10.9. The normalized spacial score (nSPS) is 14.8. The van der Waals surface area contributed by atoms with Gasteiger partial charge in [-0.25, -0.2) is 17.1 Å². The summed E-state index contributed by atoms with van der Waals surface area (Å²) in [6, 6.07) is 8.40. The van der Waals surface area contributed by atoms with E-state index in [-0.39, 0.29) is 35.9 Å². The topological polar surface area (TPSA) is 70.2 Å². The highest BCUT2D eigenvalue weighted by molar-refractivity contribution is 7.89. The first kappa shape index (κ1) is 31.0. The molecule has 39 heavy (non-hydrogen) atoms. The van der Waals surface area contributed by atoms with Gasteiger partial charge in [-0.15, -0.1) is 0 Å². The SMILES string of the molecule is CCN(CC)CC1CCN(c2ccc(CC(=O)CCN(C)S(=O)(=O)c3c(C)cc(OC)cc3C)cc2F)CC1. The molecule has 1 heterocycles. The number of anilines is 1. The monoisotopic (exact) mass is 561 g/mol. The fraction of sp³-hybridized carbons (Fsp3) is 0.567. The number of rotatable bonds is 13. The van der Waals surface area contributed by atoms with Crippen molar-refractivity contribution in [1.82, 2.24) is 9.21 Å². The lowest BCUT2D eigenvalue weighted by Crippen LogP contribution is -2.39. The van der Waals surface area contributed by atoms with Crippen molar-refractivity contribution < 1.29 is 22.3 Å². The summed E-state index contributed by atoms with van der Waals surface area (Å²) in [4.78, 5) is 17.5. The molecule has 0 aromatic heterocycles. The number of hydrogen-bond donors (Lipinski definition) is 0. The number of benzene rings is 2. The minimum absolute atomic E-state index is 0.0490. The van der Waals surface area contributed by atoms with Crippen LogP contribution in [0, 0.1) is 25.6 Å². The first-order chi connectivity index (χ1) is 18.5. The Morgan fingerprint density at radius 1 is 1.08 bits per heavy atom. The predicted octanol–water partition coefficient (Wildman–Crippen LogP) is 4.83. The van der Waals surface area contributed by atoms with Gasteiger partial charge in [-0.2, -0.15) is 0 Å². The van der Waals surface area contributed by atoms with Crippen LogP contribution in [0.3, 0.4) is 0 Å². The number of sulfonamides is 1. The number of Topliss-reactive ketones (excluding diaryl/α,β-unsaturated/α-hetero) is 1. The van der Waals surface area contributed by atoms with Crippen molar-refractivity contribution in [2.24, 2.45) is 5.92 Å². The summed E-state index contributed by atoms with van der Waals surface area (Å²) in [5, 5.41) is 0. The Morgan fingerprint density at radius 2 is 1.69 bits per heavy atom. The van der Waals surface area contributed by atoms with Crippen molar-refractivity contribution in [3.63, 3.8) is 0 Å². The summed E-state index contributed by atoms with van der Waals surface area (Å²) >= 11 is 0. The average Bonchev–Trinajstić information content (AvgIpc) is 2.90. The van der Waals surface area contributed by atoms with Gasteiger partial charge in [0.15, 0.2) is 0 Å². The maximum Gasteiger partial charge on any atom is 0.243 e. The predicted molar refractivity (Wildman–Crippen MR) is 155 cm³/mol. The quantitative estimate of drug-likeness (QED) is 0.349. The molecule has 2 aromatic carbocycles. The number of methoxy groups -OCH3 is 1. The minimum Gasteiger partial charge on any atom is -0.497 e. The molecule has 0 aliphatic carbocycles.